The van der Waals surface area contributed by atoms with E-state index in [4.69, 9.17) is 4.74 Å². The standard InChI is InChI=1S/C27H37NO3S/c1-3-5-7-19-31-25-21-23(11-15-26(25)32-20-8-6-4-2)12-16-27(30)28-18-17-22-9-13-24(29)14-10-22/h9-16,21,29H,3-8,17-20H2,1-2H3,(H,28,30). The minimum absolute atomic E-state index is 0.118. The molecule has 2 rings (SSSR count). The molecular weight excluding hydrogens is 418 g/mol. The van der Waals surface area contributed by atoms with Crippen LogP contribution in [-0.4, -0.2) is 29.9 Å². The number of carbonyl (C=O) groups excluding carboxylic acids is 1. The lowest BCUT2D eigenvalue weighted by Gasteiger charge is -2.12. The zero-order chi connectivity index (χ0) is 23.0. The first-order valence-electron chi connectivity index (χ1n) is 11.8. The maximum absolute atomic E-state index is 12.2. The highest BCUT2D eigenvalue weighted by molar-refractivity contribution is 7.99. The summed E-state index contributed by atoms with van der Waals surface area (Å²) in [7, 11) is 0. The van der Waals surface area contributed by atoms with Gasteiger partial charge in [0.15, 0.2) is 0 Å². The van der Waals surface area contributed by atoms with Crippen molar-refractivity contribution in [3.05, 3.63) is 59.7 Å². The van der Waals surface area contributed by atoms with Crippen molar-refractivity contribution in [3.63, 3.8) is 0 Å². The molecule has 32 heavy (non-hydrogen) atoms. The maximum Gasteiger partial charge on any atom is 0.244 e. The zero-order valence-corrected chi connectivity index (χ0v) is 20.3. The molecule has 2 aromatic carbocycles. The van der Waals surface area contributed by atoms with Gasteiger partial charge in [0.1, 0.15) is 11.5 Å². The van der Waals surface area contributed by atoms with Gasteiger partial charge in [-0.15, -0.1) is 11.8 Å². The van der Waals surface area contributed by atoms with Gasteiger partial charge in [-0.05, 0) is 66.5 Å². The number of phenols is 1. The number of hydrogen-bond donors (Lipinski definition) is 2. The Labute approximate surface area is 197 Å². The number of aromatic hydroxyl groups is 1. The second-order valence-electron chi connectivity index (χ2n) is 7.86. The normalized spacial score (nSPS) is 11.1. The summed E-state index contributed by atoms with van der Waals surface area (Å²) >= 11 is 1.85. The van der Waals surface area contributed by atoms with E-state index in [0.29, 0.717) is 6.54 Å². The Bertz CT molecular complexity index is 833. The molecule has 0 radical (unpaired) electrons. The van der Waals surface area contributed by atoms with E-state index in [-0.39, 0.29) is 11.7 Å². The SMILES string of the molecule is CCCCCOc1cc(C=CC(=O)NCCc2ccc(O)cc2)ccc1SCCCCC. The molecule has 0 fully saturated rings. The van der Waals surface area contributed by atoms with Crippen LogP contribution in [0.4, 0.5) is 0 Å². The van der Waals surface area contributed by atoms with E-state index in [1.54, 1.807) is 18.2 Å². The van der Waals surface area contributed by atoms with Gasteiger partial charge in [0.25, 0.3) is 0 Å². The maximum atomic E-state index is 12.2. The van der Waals surface area contributed by atoms with E-state index in [9.17, 15) is 9.90 Å². The zero-order valence-electron chi connectivity index (χ0n) is 19.4. The van der Waals surface area contributed by atoms with Crippen LogP contribution in [0.3, 0.4) is 0 Å². The molecule has 0 atom stereocenters. The van der Waals surface area contributed by atoms with Crippen molar-refractivity contribution in [2.24, 2.45) is 0 Å². The Morgan fingerprint density at radius 2 is 1.78 bits per heavy atom. The predicted octanol–water partition coefficient (Wildman–Crippen LogP) is 6.62. The van der Waals surface area contributed by atoms with Gasteiger partial charge in [0.05, 0.1) is 6.61 Å². The Morgan fingerprint density at radius 1 is 1.03 bits per heavy atom. The number of nitrogens with one attached hydrogen (secondary N) is 1. The third-order valence-electron chi connectivity index (χ3n) is 5.06. The second-order valence-corrected chi connectivity index (χ2v) is 8.99. The van der Waals surface area contributed by atoms with E-state index in [0.717, 1.165) is 42.1 Å². The highest BCUT2D eigenvalue weighted by atomic mass is 32.2. The van der Waals surface area contributed by atoms with Crippen molar-refractivity contribution in [2.75, 3.05) is 18.9 Å². The Balaban J connectivity index is 1.90. The molecule has 2 N–H and O–H groups in total. The summed E-state index contributed by atoms with van der Waals surface area (Å²) in [5, 5.41) is 12.2. The van der Waals surface area contributed by atoms with Gasteiger partial charge in [0.2, 0.25) is 5.91 Å². The summed E-state index contributed by atoms with van der Waals surface area (Å²) in [6, 6.07) is 13.2. The van der Waals surface area contributed by atoms with Crippen LogP contribution in [0.2, 0.25) is 0 Å². The number of ether oxygens (including phenoxy) is 1. The van der Waals surface area contributed by atoms with Crippen LogP contribution in [0.25, 0.3) is 6.08 Å². The molecule has 0 aromatic heterocycles. The lowest BCUT2D eigenvalue weighted by Crippen LogP contribution is -2.23. The summed E-state index contributed by atoms with van der Waals surface area (Å²) in [6.45, 7) is 5.68. The molecule has 174 valence electrons. The number of hydrogen-bond acceptors (Lipinski definition) is 4. The number of thioether (sulfide) groups is 1. The average molecular weight is 456 g/mol. The minimum Gasteiger partial charge on any atom is -0.508 e. The third kappa shape index (κ3) is 10.3. The molecule has 0 saturated carbocycles. The molecule has 0 unspecified atom stereocenters. The number of amides is 1. The highest BCUT2D eigenvalue weighted by Crippen LogP contribution is 2.32. The average Bonchev–Trinajstić information content (AvgIpc) is 2.80. The summed E-state index contributed by atoms with van der Waals surface area (Å²) in [4.78, 5) is 13.4. The smallest absolute Gasteiger partial charge is 0.244 e. The van der Waals surface area contributed by atoms with Gasteiger partial charge >= 0.3 is 0 Å². The van der Waals surface area contributed by atoms with E-state index < -0.39 is 0 Å². The first kappa shape index (κ1) is 25.9. The fourth-order valence-electron chi connectivity index (χ4n) is 3.15. The Kier molecular flexibility index (Phi) is 12.5. The van der Waals surface area contributed by atoms with Crippen LogP contribution in [0.1, 0.15) is 63.5 Å². The lowest BCUT2D eigenvalue weighted by atomic mass is 10.1. The predicted molar refractivity (Wildman–Crippen MR) is 136 cm³/mol. The quantitative estimate of drug-likeness (QED) is 0.180. The van der Waals surface area contributed by atoms with Crippen molar-refractivity contribution in [1.82, 2.24) is 5.32 Å². The van der Waals surface area contributed by atoms with E-state index in [2.05, 4.69) is 25.2 Å². The number of phenolic OH excluding ortho intramolecular Hbond substituents is 1. The van der Waals surface area contributed by atoms with Gasteiger partial charge in [-0.1, -0.05) is 57.7 Å². The number of rotatable bonds is 15. The third-order valence-corrected chi connectivity index (χ3v) is 6.20. The van der Waals surface area contributed by atoms with Crippen LogP contribution in [-0.2, 0) is 11.2 Å². The monoisotopic (exact) mass is 455 g/mol. The molecule has 0 saturated heterocycles. The largest absolute Gasteiger partial charge is 0.508 e. The Morgan fingerprint density at radius 3 is 2.53 bits per heavy atom. The van der Waals surface area contributed by atoms with Crippen LogP contribution in [0.5, 0.6) is 11.5 Å². The van der Waals surface area contributed by atoms with E-state index >= 15 is 0 Å². The summed E-state index contributed by atoms with van der Waals surface area (Å²) in [6.07, 6.45) is 11.2. The highest BCUT2D eigenvalue weighted by Gasteiger charge is 2.06. The van der Waals surface area contributed by atoms with Crippen LogP contribution in [0, 0.1) is 0 Å². The van der Waals surface area contributed by atoms with Gasteiger partial charge < -0.3 is 15.2 Å². The summed E-state index contributed by atoms with van der Waals surface area (Å²) in [5.74, 6) is 2.14. The molecule has 4 nitrogen and oxygen atoms in total. The van der Waals surface area contributed by atoms with Crippen LogP contribution < -0.4 is 10.1 Å². The molecule has 0 spiro atoms. The second kappa shape index (κ2) is 15.4. The fourth-order valence-corrected chi connectivity index (χ4v) is 4.14. The first-order chi connectivity index (χ1) is 15.6. The van der Waals surface area contributed by atoms with Gasteiger partial charge in [-0.2, -0.15) is 0 Å². The van der Waals surface area contributed by atoms with Crippen molar-refractivity contribution in [1.29, 1.82) is 0 Å². The molecule has 0 bridgehead atoms. The molecular formula is C27H37NO3S. The molecule has 0 aliphatic rings. The molecule has 0 heterocycles. The van der Waals surface area contributed by atoms with Crippen molar-refractivity contribution in [3.8, 4) is 11.5 Å². The van der Waals surface area contributed by atoms with Crippen molar-refractivity contribution in [2.45, 2.75) is 63.7 Å². The number of carbonyl (C=O) groups is 1. The van der Waals surface area contributed by atoms with Gasteiger partial charge in [0, 0.05) is 17.5 Å². The topological polar surface area (TPSA) is 58.6 Å². The fraction of sp³-hybridized carbons (Fsp3) is 0.444. The molecule has 1 amide bonds. The van der Waals surface area contributed by atoms with E-state index in [1.165, 1.54) is 37.0 Å². The lowest BCUT2D eigenvalue weighted by molar-refractivity contribution is -0.116. The van der Waals surface area contributed by atoms with Crippen LogP contribution >= 0.6 is 11.8 Å². The first-order valence-corrected chi connectivity index (χ1v) is 12.7. The van der Waals surface area contributed by atoms with Crippen molar-refractivity contribution < 1.29 is 14.6 Å². The Hall–Kier alpha value is -2.40. The number of benzene rings is 2. The van der Waals surface area contributed by atoms with Gasteiger partial charge in [-0.25, -0.2) is 0 Å². The molecule has 2 aromatic rings. The molecule has 0 aliphatic carbocycles. The number of unbranched alkanes of at least 4 members (excludes halogenated alkanes) is 4. The van der Waals surface area contributed by atoms with Crippen molar-refractivity contribution >= 4 is 23.7 Å². The molecule has 5 heteroatoms. The van der Waals surface area contributed by atoms with E-state index in [1.807, 2.05) is 42.1 Å². The minimum atomic E-state index is -0.118. The van der Waals surface area contributed by atoms with Crippen LogP contribution in [0.15, 0.2) is 53.4 Å². The summed E-state index contributed by atoms with van der Waals surface area (Å²) in [5.41, 5.74) is 2.03. The van der Waals surface area contributed by atoms with Gasteiger partial charge in [-0.3, -0.25) is 4.79 Å². The summed E-state index contributed by atoms with van der Waals surface area (Å²) < 4.78 is 6.09. The molecule has 0 aliphatic heterocycles.